The number of amides is 1. The van der Waals surface area contributed by atoms with Crippen LogP contribution in [0.25, 0.3) is 0 Å². The van der Waals surface area contributed by atoms with Crippen molar-refractivity contribution in [1.29, 1.82) is 0 Å². The summed E-state index contributed by atoms with van der Waals surface area (Å²) in [5, 5.41) is 7.21. The lowest BCUT2D eigenvalue weighted by Gasteiger charge is -2.23. The predicted molar refractivity (Wildman–Crippen MR) is 89.1 cm³/mol. The van der Waals surface area contributed by atoms with Crippen LogP contribution in [0.4, 0.5) is 0 Å². The topological polar surface area (TPSA) is 41.1 Å². The Morgan fingerprint density at radius 1 is 1.24 bits per heavy atom. The molecule has 2 atom stereocenters. The fourth-order valence-electron chi connectivity index (χ4n) is 3.25. The van der Waals surface area contributed by atoms with Gasteiger partial charge in [-0.15, -0.1) is 0 Å². The summed E-state index contributed by atoms with van der Waals surface area (Å²) in [7, 11) is 0. The van der Waals surface area contributed by atoms with Gasteiger partial charge < -0.3 is 10.6 Å². The monoisotopic (exact) mass is 304 g/mol. The minimum atomic E-state index is 0.0755. The van der Waals surface area contributed by atoms with Gasteiger partial charge in [-0.25, -0.2) is 0 Å². The van der Waals surface area contributed by atoms with E-state index in [1.807, 2.05) is 23.9 Å². The quantitative estimate of drug-likeness (QED) is 0.902. The van der Waals surface area contributed by atoms with E-state index in [0.717, 1.165) is 30.8 Å². The lowest BCUT2D eigenvalue weighted by Crippen LogP contribution is -2.34. The Kier molecular flexibility index (Phi) is 4.86. The van der Waals surface area contributed by atoms with Crippen LogP contribution in [0, 0.1) is 0 Å². The van der Waals surface area contributed by atoms with Gasteiger partial charge in [0.25, 0.3) is 5.91 Å². The van der Waals surface area contributed by atoms with Crippen molar-refractivity contribution >= 4 is 17.7 Å². The van der Waals surface area contributed by atoms with Crippen LogP contribution in [-0.4, -0.2) is 36.0 Å². The molecule has 2 N–H and O–H groups in total. The summed E-state index contributed by atoms with van der Waals surface area (Å²) in [5.74, 6) is 1.77. The maximum atomic E-state index is 12.3. The molecule has 1 aromatic rings. The zero-order valence-corrected chi connectivity index (χ0v) is 13.4. The van der Waals surface area contributed by atoms with E-state index in [-0.39, 0.29) is 5.91 Å². The van der Waals surface area contributed by atoms with Crippen LogP contribution >= 0.6 is 11.8 Å². The third-order valence-corrected chi connectivity index (χ3v) is 5.87. The van der Waals surface area contributed by atoms with Crippen LogP contribution in [0.15, 0.2) is 24.3 Å². The molecule has 0 bridgehead atoms. The fourth-order valence-corrected chi connectivity index (χ4v) is 4.40. The van der Waals surface area contributed by atoms with Crippen molar-refractivity contribution in [3.63, 3.8) is 0 Å². The molecule has 2 heterocycles. The molecule has 2 aliphatic rings. The molecular weight excluding hydrogens is 280 g/mol. The SMILES string of the molecule is CC1CC(NC(=O)c2ccc(C3CCNCC3)cc2)CS1. The van der Waals surface area contributed by atoms with Crippen molar-refractivity contribution in [2.45, 2.75) is 43.4 Å². The predicted octanol–water partition coefficient (Wildman–Crippen LogP) is 2.78. The lowest BCUT2D eigenvalue weighted by molar-refractivity contribution is 0.0940. The van der Waals surface area contributed by atoms with Gasteiger partial charge in [-0.3, -0.25) is 4.79 Å². The molecule has 0 radical (unpaired) electrons. The van der Waals surface area contributed by atoms with Gasteiger partial charge >= 0.3 is 0 Å². The van der Waals surface area contributed by atoms with Gasteiger partial charge in [-0.2, -0.15) is 11.8 Å². The molecule has 0 saturated carbocycles. The summed E-state index contributed by atoms with van der Waals surface area (Å²) < 4.78 is 0. The Balaban J connectivity index is 1.59. The van der Waals surface area contributed by atoms with Gasteiger partial charge in [0.1, 0.15) is 0 Å². The van der Waals surface area contributed by atoms with Crippen molar-refractivity contribution in [3.05, 3.63) is 35.4 Å². The normalized spacial score (nSPS) is 26.7. The highest BCUT2D eigenvalue weighted by Crippen LogP contribution is 2.27. The molecule has 21 heavy (non-hydrogen) atoms. The van der Waals surface area contributed by atoms with Crippen molar-refractivity contribution in [1.82, 2.24) is 10.6 Å². The van der Waals surface area contributed by atoms with E-state index in [2.05, 4.69) is 29.7 Å². The molecule has 2 unspecified atom stereocenters. The van der Waals surface area contributed by atoms with Crippen LogP contribution in [0.5, 0.6) is 0 Å². The van der Waals surface area contributed by atoms with Crippen LogP contribution in [0.1, 0.15) is 48.0 Å². The van der Waals surface area contributed by atoms with Crippen LogP contribution in [0.3, 0.4) is 0 Å². The summed E-state index contributed by atoms with van der Waals surface area (Å²) in [6.07, 6.45) is 3.48. The second kappa shape index (κ2) is 6.84. The molecule has 3 nitrogen and oxygen atoms in total. The van der Waals surface area contributed by atoms with Crippen molar-refractivity contribution in [2.75, 3.05) is 18.8 Å². The van der Waals surface area contributed by atoms with Gasteiger partial charge in [0.2, 0.25) is 0 Å². The number of thioether (sulfide) groups is 1. The highest BCUT2D eigenvalue weighted by Gasteiger charge is 2.23. The molecule has 1 amide bonds. The maximum Gasteiger partial charge on any atom is 0.251 e. The molecular formula is C17H24N2OS. The van der Waals surface area contributed by atoms with Crippen LogP contribution < -0.4 is 10.6 Å². The van der Waals surface area contributed by atoms with Crippen LogP contribution in [-0.2, 0) is 0 Å². The molecule has 2 saturated heterocycles. The Hall–Kier alpha value is -1.00. The summed E-state index contributed by atoms with van der Waals surface area (Å²) >= 11 is 1.94. The van der Waals surface area contributed by atoms with Gasteiger partial charge in [0.05, 0.1) is 0 Å². The maximum absolute atomic E-state index is 12.3. The number of piperidine rings is 1. The van der Waals surface area contributed by atoms with Gasteiger partial charge in [0.15, 0.2) is 0 Å². The van der Waals surface area contributed by atoms with Gasteiger partial charge in [-0.1, -0.05) is 19.1 Å². The zero-order valence-electron chi connectivity index (χ0n) is 12.6. The molecule has 0 aliphatic carbocycles. The Labute approximate surface area is 131 Å². The summed E-state index contributed by atoms with van der Waals surface area (Å²) in [4.78, 5) is 12.3. The van der Waals surface area contributed by atoms with E-state index in [1.165, 1.54) is 18.4 Å². The first kappa shape index (κ1) is 14.9. The zero-order chi connectivity index (χ0) is 14.7. The number of nitrogens with one attached hydrogen (secondary N) is 2. The number of rotatable bonds is 3. The molecule has 2 fully saturated rings. The van der Waals surface area contributed by atoms with E-state index in [0.29, 0.717) is 17.2 Å². The fraction of sp³-hybridized carbons (Fsp3) is 0.588. The number of benzene rings is 1. The Bertz CT molecular complexity index is 482. The van der Waals surface area contributed by atoms with Gasteiger partial charge in [-0.05, 0) is 56.0 Å². The smallest absolute Gasteiger partial charge is 0.251 e. The average molecular weight is 304 g/mol. The number of hydrogen-bond acceptors (Lipinski definition) is 3. The first-order chi connectivity index (χ1) is 10.2. The molecule has 0 spiro atoms. The molecule has 3 rings (SSSR count). The van der Waals surface area contributed by atoms with Crippen molar-refractivity contribution < 1.29 is 4.79 Å². The van der Waals surface area contributed by atoms with E-state index < -0.39 is 0 Å². The molecule has 4 heteroatoms. The Morgan fingerprint density at radius 3 is 2.57 bits per heavy atom. The largest absolute Gasteiger partial charge is 0.348 e. The number of carbonyl (C=O) groups excluding carboxylic acids is 1. The first-order valence-corrected chi connectivity index (χ1v) is 9.00. The third-order valence-electron chi connectivity index (χ3n) is 4.52. The highest BCUT2D eigenvalue weighted by molar-refractivity contribution is 8.00. The Morgan fingerprint density at radius 2 is 1.95 bits per heavy atom. The van der Waals surface area contributed by atoms with E-state index in [1.54, 1.807) is 0 Å². The average Bonchev–Trinajstić information content (AvgIpc) is 2.93. The minimum absolute atomic E-state index is 0.0755. The number of carbonyl (C=O) groups is 1. The van der Waals surface area contributed by atoms with Gasteiger partial charge in [0, 0.05) is 22.6 Å². The highest BCUT2D eigenvalue weighted by atomic mass is 32.2. The molecule has 0 aromatic heterocycles. The molecule has 1 aromatic carbocycles. The minimum Gasteiger partial charge on any atom is -0.348 e. The van der Waals surface area contributed by atoms with Crippen molar-refractivity contribution in [3.8, 4) is 0 Å². The van der Waals surface area contributed by atoms with Crippen LogP contribution in [0.2, 0.25) is 0 Å². The lowest BCUT2D eigenvalue weighted by atomic mass is 9.90. The summed E-state index contributed by atoms with van der Waals surface area (Å²) in [5.41, 5.74) is 2.16. The van der Waals surface area contributed by atoms with Crippen molar-refractivity contribution in [2.24, 2.45) is 0 Å². The second-order valence-electron chi connectivity index (χ2n) is 6.20. The van der Waals surface area contributed by atoms with E-state index in [9.17, 15) is 4.79 Å². The number of hydrogen-bond donors (Lipinski definition) is 2. The molecule has 114 valence electrons. The standard InChI is InChI=1S/C17H24N2OS/c1-12-10-16(11-21-12)19-17(20)15-4-2-13(3-5-15)14-6-8-18-9-7-14/h2-5,12,14,16,18H,6-11H2,1H3,(H,19,20). The second-order valence-corrected chi connectivity index (χ2v) is 7.67. The van der Waals surface area contributed by atoms with E-state index in [4.69, 9.17) is 0 Å². The summed E-state index contributed by atoms with van der Waals surface area (Å²) in [6.45, 7) is 4.43. The first-order valence-electron chi connectivity index (χ1n) is 7.95. The van der Waals surface area contributed by atoms with E-state index >= 15 is 0 Å². The molecule has 2 aliphatic heterocycles. The third kappa shape index (κ3) is 3.80. The summed E-state index contributed by atoms with van der Waals surface area (Å²) in [6, 6.07) is 8.58.